The molecule has 21 heavy (non-hydrogen) atoms. The predicted octanol–water partition coefficient (Wildman–Crippen LogP) is 4.08. The highest BCUT2D eigenvalue weighted by Crippen LogP contribution is 2.50. The lowest BCUT2D eigenvalue weighted by Crippen LogP contribution is -2.28. The standard InChI is InChI=1S/C18H31N3/c1-4-8-19-17(18-9-13(3)20-21(18)5-2)12-16-11-14-6-7-15(16)10-14/h9,14-17,19H,4-8,10-12H2,1-3H3. The van der Waals surface area contributed by atoms with Crippen molar-refractivity contribution in [3.05, 3.63) is 17.5 Å². The van der Waals surface area contributed by atoms with E-state index in [-0.39, 0.29) is 0 Å². The topological polar surface area (TPSA) is 29.9 Å². The molecule has 2 aliphatic carbocycles. The van der Waals surface area contributed by atoms with Crippen molar-refractivity contribution in [2.45, 2.75) is 71.9 Å². The van der Waals surface area contributed by atoms with Crippen LogP contribution in [0.15, 0.2) is 6.07 Å². The molecular weight excluding hydrogens is 258 g/mol. The summed E-state index contributed by atoms with van der Waals surface area (Å²) in [5.74, 6) is 3.00. The van der Waals surface area contributed by atoms with E-state index in [1.54, 1.807) is 0 Å². The first-order valence-electron chi connectivity index (χ1n) is 8.99. The van der Waals surface area contributed by atoms with Crippen LogP contribution in [0.4, 0.5) is 0 Å². The Morgan fingerprint density at radius 2 is 2.19 bits per heavy atom. The van der Waals surface area contributed by atoms with Gasteiger partial charge in [0, 0.05) is 12.6 Å². The average Bonchev–Trinajstić information content (AvgIpc) is 3.18. The first-order chi connectivity index (χ1) is 10.2. The minimum atomic E-state index is 0.496. The van der Waals surface area contributed by atoms with Crippen molar-refractivity contribution in [1.29, 1.82) is 0 Å². The highest BCUT2D eigenvalue weighted by molar-refractivity contribution is 5.14. The summed E-state index contributed by atoms with van der Waals surface area (Å²) in [6.45, 7) is 8.65. The van der Waals surface area contributed by atoms with Crippen LogP contribution in [-0.4, -0.2) is 16.3 Å². The molecule has 3 heteroatoms. The van der Waals surface area contributed by atoms with E-state index in [0.29, 0.717) is 6.04 Å². The van der Waals surface area contributed by atoms with Gasteiger partial charge in [0.15, 0.2) is 0 Å². The van der Waals surface area contributed by atoms with Gasteiger partial charge in [-0.05, 0) is 76.3 Å². The molecule has 118 valence electrons. The molecule has 2 bridgehead atoms. The van der Waals surface area contributed by atoms with Crippen molar-refractivity contribution in [2.24, 2.45) is 17.8 Å². The van der Waals surface area contributed by atoms with Crippen LogP contribution in [0, 0.1) is 24.7 Å². The lowest BCUT2D eigenvalue weighted by Gasteiger charge is -2.28. The molecule has 2 saturated carbocycles. The molecule has 1 N–H and O–H groups in total. The Morgan fingerprint density at radius 1 is 1.33 bits per heavy atom. The zero-order valence-electron chi connectivity index (χ0n) is 13.9. The van der Waals surface area contributed by atoms with Gasteiger partial charge in [-0.3, -0.25) is 4.68 Å². The van der Waals surface area contributed by atoms with Crippen LogP contribution in [0.5, 0.6) is 0 Å². The summed E-state index contributed by atoms with van der Waals surface area (Å²) < 4.78 is 2.20. The molecule has 0 spiro atoms. The molecule has 1 aromatic heterocycles. The highest BCUT2D eigenvalue weighted by Gasteiger charge is 2.40. The summed E-state index contributed by atoms with van der Waals surface area (Å²) in [6, 6.07) is 2.79. The normalized spacial score (nSPS) is 29.2. The van der Waals surface area contributed by atoms with Crippen LogP contribution in [0.25, 0.3) is 0 Å². The maximum atomic E-state index is 4.66. The summed E-state index contributed by atoms with van der Waals surface area (Å²) in [6.07, 6.45) is 8.49. The van der Waals surface area contributed by atoms with Gasteiger partial charge in [-0.15, -0.1) is 0 Å². The number of nitrogens with zero attached hydrogens (tertiary/aromatic N) is 2. The average molecular weight is 289 g/mol. The van der Waals surface area contributed by atoms with Gasteiger partial charge in [-0.2, -0.15) is 5.10 Å². The molecule has 2 fully saturated rings. The largest absolute Gasteiger partial charge is 0.309 e. The van der Waals surface area contributed by atoms with Crippen molar-refractivity contribution in [2.75, 3.05) is 6.54 Å². The fraction of sp³-hybridized carbons (Fsp3) is 0.833. The molecule has 0 aromatic carbocycles. The van der Waals surface area contributed by atoms with Crippen LogP contribution in [-0.2, 0) is 6.54 Å². The Kier molecular flexibility index (Phi) is 4.68. The molecule has 3 nitrogen and oxygen atoms in total. The Labute approximate surface area is 129 Å². The van der Waals surface area contributed by atoms with Crippen LogP contribution in [0.1, 0.15) is 69.8 Å². The zero-order valence-corrected chi connectivity index (χ0v) is 13.9. The van der Waals surface area contributed by atoms with Gasteiger partial charge in [0.25, 0.3) is 0 Å². The molecule has 2 aliphatic rings. The Hall–Kier alpha value is -0.830. The second-order valence-corrected chi connectivity index (χ2v) is 7.20. The van der Waals surface area contributed by atoms with E-state index in [4.69, 9.17) is 0 Å². The molecule has 1 aromatic rings. The molecule has 4 atom stereocenters. The number of aromatic nitrogens is 2. The quantitative estimate of drug-likeness (QED) is 0.819. The third kappa shape index (κ3) is 3.18. The molecule has 1 heterocycles. The van der Waals surface area contributed by atoms with E-state index in [9.17, 15) is 0 Å². The fourth-order valence-electron chi connectivity index (χ4n) is 4.69. The molecule has 0 radical (unpaired) electrons. The number of rotatable bonds is 7. The first kappa shape index (κ1) is 15.1. The van der Waals surface area contributed by atoms with Gasteiger partial charge < -0.3 is 5.32 Å². The molecule has 3 rings (SSSR count). The lowest BCUT2D eigenvalue weighted by molar-refractivity contribution is 0.273. The second-order valence-electron chi connectivity index (χ2n) is 7.20. The molecule has 0 amide bonds. The minimum Gasteiger partial charge on any atom is -0.309 e. The predicted molar refractivity (Wildman–Crippen MR) is 87.2 cm³/mol. The summed E-state index contributed by atoms with van der Waals surface area (Å²) in [4.78, 5) is 0. The van der Waals surface area contributed by atoms with Crippen LogP contribution in [0.3, 0.4) is 0 Å². The summed E-state index contributed by atoms with van der Waals surface area (Å²) >= 11 is 0. The van der Waals surface area contributed by atoms with E-state index in [1.807, 2.05) is 0 Å². The summed E-state index contributed by atoms with van der Waals surface area (Å²) in [7, 11) is 0. The molecule has 4 unspecified atom stereocenters. The number of fused-ring (bicyclic) bond motifs is 2. The maximum Gasteiger partial charge on any atom is 0.0597 e. The molecule has 0 saturated heterocycles. The summed E-state index contributed by atoms with van der Waals surface area (Å²) in [5.41, 5.74) is 2.56. The summed E-state index contributed by atoms with van der Waals surface area (Å²) in [5, 5.41) is 8.46. The number of hydrogen-bond donors (Lipinski definition) is 1. The van der Waals surface area contributed by atoms with Crippen LogP contribution >= 0.6 is 0 Å². The van der Waals surface area contributed by atoms with Crippen molar-refractivity contribution in [3.63, 3.8) is 0 Å². The number of hydrogen-bond acceptors (Lipinski definition) is 2. The minimum absolute atomic E-state index is 0.496. The van der Waals surface area contributed by atoms with Gasteiger partial charge in [0.05, 0.1) is 11.4 Å². The molecule has 0 aliphatic heterocycles. The monoisotopic (exact) mass is 289 g/mol. The Morgan fingerprint density at radius 3 is 2.81 bits per heavy atom. The Balaban J connectivity index is 1.73. The van der Waals surface area contributed by atoms with E-state index in [0.717, 1.165) is 36.5 Å². The van der Waals surface area contributed by atoms with Crippen LogP contribution < -0.4 is 5.32 Å². The van der Waals surface area contributed by atoms with Crippen LogP contribution in [0.2, 0.25) is 0 Å². The fourth-order valence-corrected chi connectivity index (χ4v) is 4.69. The van der Waals surface area contributed by atoms with Gasteiger partial charge in [-0.25, -0.2) is 0 Å². The second kappa shape index (κ2) is 6.51. The molecular formula is C18H31N3. The van der Waals surface area contributed by atoms with Gasteiger partial charge >= 0.3 is 0 Å². The van der Waals surface area contributed by atoms with Gasteiger partial charge in [0.1, 0.15) is 0 Å². The van der Waals surface area contributed by atoms with Crippen molar-refractivity contribution in [1.82, 2.24) is 15.1 Å². The number of aryl methyl sites for hydroxylation is 2. The third-order valence-corrected chi connectivity index (χ3v) is 5.65. The van der Waals surface area contributed by atoms with E-state index >= 15 is 0 Å². The van der Waals surface area contributed by atoms with Crippen molar-refractivity contribution < 1.29 is 0 Å². The van der Waals surface area contributed by atoms with E-state index < -0.39 is 0 Å². The Bertz CT molecular complexity index is 465. The highest BCUT2D eigenvalue weighted by atomic mass is 15.3. The van der Waals surface area contributed by atoms with E-state index in [2.05, 4.69) is 41.9 Å². The zero-order chi connectivity index (χ0) is 14.8. The maximum absolute atomic E-state index is 4.66. The van der Waals surface area contributed by atoms with Crippen molar-refractivity contribution >= 4 is 0 Å². The SMILES string of the molecule is CCCNC(CC1CC2CCC1C2)c1cc(C)nn1CC. The van der Waals surface area contributed by atoms with Crippen molar-refractivity contribution in [3.8, 4) is 0 Å². The third-order valence-electron chi connectivity index (χ3n) is 5.65. The van der Waals surface area contributed by atoms with Gasteiger partial charge in [-0.1, -0.05) is 13.3 Å². The van der Waals surface area contributed by atoms with E-state index in [1.165, 1.54) is 44.2 Å². The first-order valence-corrected chi connectivity index (χ1v) is 8.99. The lowest BCUT2D eigenvalue weighted by atomic mass is 9.83. The van der Waals surface area contributed by atoms with Gasteiger partial charge in [0.2, 0.25) is 0 Å². The number of nitrogens with one attached hydrogen (secondary N) is 1. The smallest absolute Gasteiger partial charge is 0.0597 e.